The molecule has 0 aliphatic rings. The van der Waals surface area contributed by atoms with Crippen LogP contribution in [0.5, 0.6) is 0 Å². The Labute approximate surface area is 118 Å². The maximum atomic E-state index is 6.32. The second-order valence-corrected chi connectivity index (χ2v) is 5.38. The maximum absolute atomic E-state index is 6.32. The Morgan fingerprint density at radius 2 is 2.05 bits per heavy atom. The van der Waals surface area contributed by atoms with Crippen LogP contribution in [0.4, 0.5) is 0 Å². The van der Waals surface area contributed by atoms with Crippen molar-refractivity contribution in [3.63, 3.8) is 0 Å². The fraction of sp³-hybridized carbons (Fsp3) is 0.538. The van der Waals surface area contributed by atoms with E-state index in [4.69, 9.17) is 11.6 Å². The van der Waals surface area contributed by atoms with Gasteiger partial charge in [-0.05, 0) is 33.9 Å². The zero-order valence-electron chi connectivity index (χ0n) is 12.0. The van der Waals surface area contributed by atoms with E-state index in [2.05, 4.69) is 35.4 Å². The van der Waals surface area contributed by atoms with Crippen molar-refractivity contribution in [2.24, 2.45) is 7.05 Å². The van der Waals surface area contributed by atoms with Gasteiger partial charge in [0, 0.05) is 13.1 Å². The van der Waals surface area contributed by atoms with Gasteiger partial charge in [0.1, 0.15) is 0 Å². The van der Waals surface area contributed by atoms with E-state index in [1.165, 1.54) is 0 Å². The Kier molecular flexibility index (Phi) is 3.96. The summed E-state index contributed by atoms with van der Waals surface area (Å²) < 4.78 is 3.83. The molecule has 0 fully saturated rings. The van der Waals surface area contributed by atoms with E-state index in [1.807, 2.05) is 30.4 Å². The summed E-state index contributed by atoms with van der Waals surface area (Å²) in [5.74, 6) is 0. The van der Waals surface area contributed by atoms with Crippen LogP contribution in [0.25, 0.3) is 0 Å². The molecule has 2 rings (SSSR count). The minimum atomic E-state index is -0.0244. The average Bonchev–Trinajstić information content (AvgIpc) is 2.85. The lowest BCUT2D eigenvalue weighted by Gasteiger charge is -2.20. The van der Waals surface area contributed by atoms with Crippen LogP contribution in [0, 0.1) is 6.92 Å². The van der Waals surface area contributed by atoms with Gasteiger partial charge in [0.2, 0.25) is 0 Å². The van der Waals surface area contributed by atoms with E-state index < -0.39 is 0 Å². The Balaban J connectivity index is 2.54. The molecule has 6 heteroatoms. The van der Waals surface area contributed by atoms with E-state index in [9.17, 15) is 0 Å². The van der Waals surface area contributed by atoms with Gasteiger partial charge in [-0.25, -0.2) is 0 Å². The molecule has 0 saturated carbocycles. The molecule has 1 unspecified atom stereocenters. The molecule has 1 atom stereocenters. The van der Waals surface area contributed by atoms with E-state index in [-0.39, 0.29) is 12.1 Å². The molecule has 2 heterocycles. The summed E-state index contributed by atoms with van der Waals surface area (Å²) >= 11 is 6.32. The van der Waals surface area contributed by atoms with Crippen LogP contribution in [-0.2, 0) is 7.05 Å². The van der Waals surface area contributed by atoms with Crippen molar-refractivity contribution in [2.45, 2.75) is 32.9 Å². The number of halogens is 1. The van der Waals surface area contributed by atoms with Crippen LogP contribution in [0.1, 0.15) is 43.0 Å². The standard InChI is InChI=1S/C13H20ClN5/c1-8(2)19-13(10(14)7-16-19)12(15-4)11-6-9(3)17-18(11)5/h6-8,12,15H,1-5H3. The first-order chi connectivity index (χ1) is 8.95. The van der Waals surface area contributed by atoms with Gasteiger partial charge in [-0.2, -0.15) is 10.2 Å². The third kappa shape index (κ3) is 2.53. The summed E-state index contributed by atoms with van der Waals surface area (Å²) in [6, 6.07) is 2.30. The van der Waals surface area contributed by atoms with Gasteiger partial charge in [0.15, 0.2) is 0 Å². The molecule has 1 N–H and O–H groups in total. The summed E-state index contributed by atoms with van der Waals surface area (Å²) in [7, 11) is 3.86. The van der Waals surface area contributed by atoms with Crippen LogP contribution in [0.2, 0.25) is 5.02 Å². The van der Waals surface area contributed by atoms with Gasteiger partial charge in [0.25, 0.3) is 0 Å². The monoisotopic (exact) mass is 281 g/mol. The topological polar surface area (TPSA) is 47.7 Å². The molecule has 19 heavy (non-hydrogen) atoms. The lowest BCUT2D eigenvalue weighted by Crippen LogP contribution is -2.24. The molecular formula is C13H20ClN5. The maximum Gasteiger partial charge on any atom is 0.0931 e. The molecule has 2 aromatic heterocycles. The van der Waals surface area contributed by atoms with E-state index in [1.54, 1.807) is 6.20 Å². The van der Waals surface area contributed by atoms with Gasteiger partial charge in [-0.1, -0.05) is 11.6 Å². The second kappa shape index (κ2) is 5.35. The molecule has 0 bridgehead atoms. The number of hydrogen-bond donors (Lipinski definition) is 1. The third-order valence-corrected chi connectivity index (χ3v) is 3.46. The molecular weight excluding hydrogens is 262 g/mol. The molecule has 0 spiro atoms. The number of aromatic nitrogens is 4. The molecule has 5 nitrogen and oxygen atoms in total. The normalized spacial score (nSPS) is 13.2. The minimum absolute atomic E-state index is 0.0244. The van der Waals surface area contributed by atoms with Gasteiger partial charge < -0.3 is 5.32 Å². The molecule has 2 aromatic rings. The number of rotatable bonds is 4. The average molecular weight is 282 g/mol. The first-order valence-corrected chi connectivity index (χ1v) is 6.74. The molecule has 104 valence electrons. The van der Waals surface area contributed by atoms with Gasteiger partial charge in [-0.15, -0.1) is 0 Å². The predicted octanol–water partition coefficient (Wildman–Crippen LogP) is 2.47. The molecule has 0 aliphatic carbocycles. The molecule has 0 amide bonds. The number of nitrogens with one attached hydrogen (secondary N) is 1. The predicted molar refractivity (Wildman–Crippen MR) is 76.5 cm³/mol. The zero-order chi connectivity index (χ0) is 14.2. The summed E-state index contributed by atoms with van der Waals surface area (Å²) in [4.78, 5) is 0. The number of hydrogen-bond acceptors (Lipinski definition) is 3. The zero-order valence-corrected chi connectivity index (χ0v) is 12.7. The summed E-state index contributed by atoms with van der Waals surface area (Å²) in [6.45, 7) is 6.17. The fourth-order valence-corrected chi connectivity index (χ4v) is 2.60. The van der Waals surface area contributed by atoms with Crippen LogP contribution < -0.4 is 5.32 Å². The smallest absolute Gasteiger partial charge is 0.0931 e. The van der Waals surface area contributed by atoms with Gasteiger partial charge in [0.05, 0.1) is 34.3 Å². The van der Waals surface area contributed by atoms with Crippen molar-refractivity contribution in [1.29, 1.82) is 0 Å². The van der Waals surface area contributed by atoms with E-state index in [0.29, 0.717) is 5.02 Å². The van der Waals surface area contributed by atoms with Crippen molar-refractivity contribution >= 4 is 11.6 Å². The fourth-order valence-electron chi connectivity index (χ4n) is 2.36. The van der Waals surface area contributed by atoms with Crippen LogP contribution >= 0.6 is 11.6 Å². The van der Waals surface area contributed by atoms with Crippen LogP contribution in [-0.4, -0.2) is 26.6 Å². The Morgan fingerprint density at radius 3 is 2.53 bits per heavy atom. The van der Waals surface area contributed by atoms with Gasteiger partial charge >= 0.3 is 0 Å². The van der Waals surface area contributed by atoms with E-state index in [0.717, 1.165) is 17.1 Å². The van der Waals surface area contributed by atoms with Crippen LogP contribution in [0.15, 0.2) is 12.3 Å². The number of nitrogens with zero attached hydrogens (tertiary/aromatic N) is 4. The lowest BCUT2D eigenvalue weighted by atomic mass is 10.1. The van der Waals surface area contributed by atoms with Gasteiger partial charge in [-0.3, -0.25) is 9.36 Å². The minimum Gasteiger partial charge on any atom is -0.307 e. The summed E-state index contributed by atoms with van der Waals surface area (Å²) in [5.41, 5.74) is 3.04. The highest BCUT2D eigenvalue weighted by Gasteiger charge is 2.24. The molecule has 0 saturated heterocycles. The Hall–Kier alpha value is -1.33. The van der Waals surface area contributed by atoms with Crippen molar-refractivity contribution in [3.8, 4) is 0 Å². The van der Waals surface area contributed by atoms with Crippen molar-refractivity contribution in [2.75, 3.05) is 7.05 Å². The SMILES string of the molecule is CNC(c1cc(C)nn1C)c1c(Cl)cnn1C(C)C. The quantitative estimate of drug-likeness (QED) is 0.936. The highest BCUT2D eigenvalue weighted by molar-refractivity contribution is 6.31. The highest BCUT2D eigenvalue weighted by atomic mass is 35.5. The first kappa shape index (κ1) is 14.1. The Bertz CT molecular complexity index is 570. The third-order valence-electron chi connectivity index (χ3n) is 3.17. The van der Waals surface area contributed by atoms with Crippen molar-refractivity contribution in [1.82, 2.24) is 24.9 Å². The molecule has 0 aliphatic heterocycles. The lowest BCUT2D eigenvalue weighted by molar-refractivity contribution is 0.474. The first-order valence-electron chi connectivity index (χ1n) is 6.36. The van der Waals surface area contributed by atoms with E-state index >= 15 is 0 Å². The van der Waals surface area contributed by atoms with Crippen molar-refractivity contribution < 1.29 is 0 Å². The molecule has 0 radical (unpaired) electrons. The summed E-state index contributed by atoms with van der Waals surface area (Å²) in [5, 5.41) is 12.7. The number of aryl methyl sites for hydroxylation is 2. The highest BCUT2D eigenvalue weighted by Crippen LogP contribution is 2.30. The van der Waals surface area contributed by atoms with Crippen molar-refractivity contribution in [3.05, 3.63) is 34.4 Å². The Morgan fingerprint density at radius 1 is 1.37 bits per heavy atom. The van der Waals surface area contributed by atoms with Crippen LogP contribution in [0.3, 0.4) is 0 Å². The summed E-state index contributed by atoms with van der Waals surface area (Å²) in [6.07, 6.45) is 1.70. The molecule has 0 aromatic carbocycles. The second-order valence-electron chi connectivity index (χ2n) is 4.97. The largest absolute Gasteiger partial charge is 0.307 e.